The number of hydrogen-bond donors (Lipinski definition) is 1. The topological polar surface area (TPSA) is 75.7 Å². The van der Waals surface area contributed by atoms with Crippen LogP contribution in [0.1, 0.15) is 18.9 Å². The van der Waals surface area contributed by atoms with E-state index in [1.54, 1.807) is 25.1 Å². The number of nitrogens with one attached hydrogen (secondary N) is 1. The molecule has 0 aliphatic carbocycles. The van der Waals surface area contributed by atoms with Crippen molar-refractivity contribution >= 4 is 44.0 Å². The van der Waals surface area contributed by atoms with Crippen LogP contribution < -0.4 is 14.4 Å². The number of amides is 1. The minimum atomic E-state index is -3.72. The second-order valence-electron chi connectivity index (χ2n) is 7.56. The van der Waals surface area contributed by atoms with E-state index in [4.69, 9.17) is 16.3 Å². The van der Waals surface area contributed by atoms with Gasteiger partial charge in [-0.05, 0) is 53.9 Å². The van der Waals surface area contributed by atoms with E-state index in [0.717, 1.165) is 26.9 Å². The summed E-state index contributed by atoms with van der Waals surface area (Å²) in [7, 11) is -3.72. The van der Waals surface area contributed by atoms with Gasteiger partial charge in [-0.3, -0.25) is 9.10 Å². The molecule has 1 amide bonds. The lowest BCUT2D eigenvalue weighted by Crippen LogP contribution is -2.50. The standard InChI is InChI=1S/C24H27ClN2O4S/c1-4-23(27(32(3,29)30)20-11-9-17(2)22(25)16-20)24(28)26-13-14-31-21-12-10-18-7-5-6-8-19(18)15-21/h5-12,15-16,23H,4,13-14H2,1-3H3,(H,26,28)/t23-/m0/s1. The molecule has 0 aliphatic heterocycles. The molecule has 0 spiro atoms. The maximum Gasteiger partial charge on any atom is 0.244 e. The van der Waals surface area contributed by atoms with Gasteiger partial charge in [-0.1, -0.05) is 54.9 Å². The number of sulfonamides is 1. The smallest absolute Gasteiger partial charge is 0.244 e. The van der Waals surface area contributed by atoms with Crippen molar-refractivity contribution in [2.45, 2.75) is 26.3 Å². The summed E-state index contributed by atoms with van der Waals surface area (Å²) in [6, 6.07) is 17.8. The van der Waals surface area contributed by atoms with E-state index in [1.807, 2.05) is 49.4 Å². The lowest BCUT2D eigenvalue weighted by atomic mass is 10.1. The summed E-state index contributed by atoms with van der Waals surface area (Å²) >= 11 is 6.19. The average Bonchev–Trinajstić information content (AvgIpc) is 2.76. The maximum atomic E-state index is 12.9. The lowest BCUT2D eigenvalue weighted by molar-refractivity contribution is -0.122. The molecule has 0 saturated heterocycles. The zero-order valence-electron chi connectivity index (χ0n) is 18.3. The Morgan fingerprint density at radius 1 is 1.09 bits per heavy atom. The van der Waals surface area contributed by atoms with Crippen molar-refractivity contribution in [1.29, 1.82) is 0 Å². The van der Waals surface area contributed by atoms with Crippen LogP contribution in [-0.4, -0.2) is 39.8 Å². The Morgan fingerprint density at radius 2 is 1.81 bits per heavy atom. The first-order chi connectivity index (χ1) is 15.2. The Labute approximate surface area is 194 Å². The third-order valence-electron chi connectivity index (χ3n) is 5.13. The Hall–Kier alpha value is -2.77. The molecular weight excluding hydrogens is 448 g/mol. The minimum absolute atomic E-state index is 0.244. The molecule has 1 atom stereocenters. The Kier molecular flexibility index (Phi) is 7.64. The molecular formula is C24H27ClN2O4S. The van der Waals surface area contributed by atoms with Gasteiger partial charge in [0.05, 0.1) is 18.5 Å². The second-order valence-corrected chi connectivity index (χ2v) is 9.83. The van der Waals surface area contributed by atoms with Gasteiger partial charge >= 0.3 is 0 Å². The van der Waals surface area contributed by atoms with Crippen LogP contribution in [0.2, 0.25) is 5.02 Å². The van der Waals surface area contributed by atoms with E-state index < -0.39 is 22.0 Å². The van der Waals surface area contributed by atoms with E-state index in [0.29, 0.717) is 22.9 Å². The molecule has 170 valence electrons. The van der Waals surface area contributed by atoms with Gasteiger partial charge in [0.25, 0.3) is 0 Å². The average molecular weight is 475 g/mol. The van der Waals surface area contributed by atoms with Crippen LogP contribution in [-0.2, 0) is 14.8 Å². The molecule has 3 rings (SSSR count). The number of aryl methyl sites for hydroxylation is 1. The first kappa shape index (κ1) is 23.9. The summed E-state index contributed by atoms with van der Waals surface area (Å²) in [4.78, 5) is 12.9. The van der Waals surface area contributed by atoms with Crippen LogP contribution in [0.25, 0.3) is 10.8 Å². The Balaban J connectivity index is 1.65. The van der Waals surface area contributed by atoms with E-state index in [-0.39, 0.29) is 13.2 Å². The molecule has 32 heavy (non-hydrogen) atoms. The predicted octanol–water partition coefficient (Wildman–Crippen LogP) is 4.54. The monoisotopic (exact) mass is 474 g/mol. The van der Waals surface area contributed by atoms with Crippen molar-refractivity contribution < 1.29 is 17.9 Å². The number of ether oxygens (including phenoxy) is 1. The van der Waals surface area contributed by atoms with Crippen molar-refractivity contribution in [2.75, 3.05) is 23.7 Å². The molecule has 0 aliphatic rings. The predicted molar refractivity (Wildman–Crippen MR) is 130 cm³/mol. The number of nitrogens with zero attached hydrogens (tertiary/aromatic N) is 1. The summed E-state index contributed by atoms with van der Waals surface area (Å²) in [5, 5.41) is 5.42. The molecule has 6 nitrogen and oxygen atoms in total. The van der Waals surface area contributed by atoms with Crippen LogP contribution in [0.3, 0.4) is 0 Å². The van der Waals surface area contributed by atoms with Crippen LogP contribution >= 0.6 is 11.6 Å². The summed E-state index contributed by atoms with van der Waals surface area (Å²) in [5.41, 5.74) is 1.18. The van der Waals surface area contributed by atoms with E-state index in [9.17, 15) is 13.2 Å². The fourth-order valence-electron chi connectivity index (χ4n) is 3.50. The second kappa shape index (κ2) is 10.2. The summed E-state index contributed by atoms with van der Waals surface area (Å²) < 4.78 is 31.9. The van der Waals surface area contributed by atoms with Gasteiger partial charge in [-0.2, -0.15) is 0 Å². The molecule has 0 fully saturated rings. The number of rotatable bonds is 9. The highest BCUT2D eigenvalue weighted by Gasteiger charge is 2.31. The first-order valence-electron chi connectivity index (χ1n) is 10.4. The number of carbonyl (C=O) groups excluding carboxylic acids is 1. The van der Waals surface area contributed by atoms with E-state index >= 15 is 0 Å². The quantitative estimate of drug-likeness (QED) is 0.462. The molecule has 0 heterocycles. The van der Waals surface area contributed by atoms with Gasteiger partial charge in [0.2, 0.25) is 15.9 Å². The van der Waals surface area contributed by atoms with Crippen LogP contribution in [0.15, 0.2) is 60.7 Å². The fourth-order valence-corrected chi connectivity index (χ4v) is 4.88. The molecule has 0 aromatic heterocycles. The maximum absolute atomic E-state index is 12.9. The molecule has 3 aromatic rings. The Bertz CT molecular complexity index is 1210. The molecule has 3 aromatic carbocycles. The number of fused-ring (bicyclic) bond motifs is 1. The highest BCUT2D eigenvalue weighted by Crippen LogP contribution is 2.27. The van der Waals surface area contributed by atoms with Gasteiger partial charge < -0.3 is 10.1 Å². The zero-order valence-corrected chi connectivity index (χ0v) is 19.9. The highest BCUT2D eigenvalue weighted by molar-refractivity contribution is 7.92. The molecule has 0 unspecified atom stereocenters. The molecule has 0 saturated carbocycles. The summed E-state index contributed by atoms with van der Waals surface area (Å²) in [5.74, 6) is 0.314. The van der Waals surface area contributed by atoms with Gasteiger partial charge in [0.15, 0.2) is 0 Å². The van der Waals surface area contributed by atoms with Crippen LogP contribution in [0, 0.1) is 6.92 Å². The van der Waals surface area contributed by atoms with Crippen LogP contribution in [0.5, 0.6) is 5.75 Å². The number of carbonyl (C=O) groups is 1. The van der Waals surface area contributed by atoms with Crippen molar-refractivity contribution in [3.05, 3.63) is 71.2 Å². The lowest BCUT2D eigenvalue weighted by Gasteiger charge is -2.30. The molecule has 0 bridgehead atoms. The first-order valence-corrected chi connectivity index (χ1v) is 12.6. The number of benzene rings is 3. The van der Waals surface area contributed by atoms with Crippen molar-refractivity contribution in [2.24, 2.45) is 0 Å². The number of hydrogen-bond acceptors (Lipinski definition) is 4. The Morgan fingerprint density at radius 3 is 2.47 bits per heavy atom. The van der Waals surface area contributed by atoms with Crippen molar-refractivity contribution in [1.82, 2.24) is 5.32 Å². The largest absolute Gasteiger partial charge is 0.492 e. The molecule has 8 heteroatoms. The minimum Gasteiger partial charge on any atom is -0.492 e. The summed E-state index contributed by atoms with van der Waals surface area (Å²) in [6.07, 6.45) is 1.38. The molecule has 1 N–H and O–H groups in total. The van der Waals surface area contributed by atoms with Crippen LogP contribution in [0.4, 0.5) is 5.69 Å². The fraction of sp³-hybridized carbons (Fsp3) is 0.292. The van der Waals surface area contributed by atoms with Gasteiger partial charge in [0, 0.05) is 5.02 Å². The third kappa shape index (κ3) is 5.72. The normalized spacial score (nSPS) is 12.4. The SMILES string of the molecule is CC[C@@H](C(=O)NCCOc1ccc2ccccc2c1)N(c1ccc(C)c(Cl)c1)S(C)(=O)=O. The summed E-state index contributed by atoms with van der Waals surface area (Å²) in [6.45, 7) is 4.10. The van der Waals surface area contributed by atoms with Gasteiger partial charge in [-0.15, -0.1) is 0 Å². The number of anilines is 1. The van der Waals surface area contributed by atoms with Crippen molar-refractivity contribution in [3.63, 3.8) is 0 Å². The molecule has 0 radical (unpaired) electrons. The van der Waals surface area contributed by atoms with E-state index in [2.05, 4.69) is 5.32 Å². The van der Waals surface area contributed by atoms with Gasteiger partial charge in [-0.25, -0.2) is 8.42 Å². The zero-order chi connectivity index (χ0) is 23.3. The van der Waals surface area contributed by atoms with E-state index in [1.165, 1.54) is 0 Å². The highest BCUT2D eigenvalue weighted by atomic mass is 35.5. The van der Waals surface area contributed by atoms with Gasteiger partial charge in [0.1, 0.15) is 18.4 Å². The van der Waals surface area contributed by atoms with Crippen molar-refractivity contribution in [3.8, 4) is 5.75 Å². The third-order valence-corrected chi connectivity index (χ3v) is 6.72. The number of halogens is 1.